The summed E-state index contributed by atoms with van der Waals surface area (Å²) in [4.78, 5) is 50.4. The number of rotatable bonds is 0. The monoisotopic (exact) mass is 362 g/mol. The molecule has 21 heavy (non-hydrogen) atoms. The second kappa shape index (κ2) is 5.27. The summed E-state index contributed by atoms with van der Waals surface area (Å²) in [7, 11) is 0. The van der Waals surface area contributed by atoms with E-state index in [1.807, 2.05) is 0 Å². The van der Waals surface area contributed by atoms with E-state index in [2.05, 4.69) is 0 Å². The van der Waals surface area contributed by atoms with Crippen LogP contribution >= 0.6 is 0 Å². The second-order valence-electron chi connectivity index (χ2n) is 4.82. The van der Waals surface area contributed by atoms with Crippen molar-refractivity contribution in [2.75, 3.05) is 39.3 Å². The number of fused-ring (bicyclic) bond motifs is 4. The molecule has 0 saturated carbocycles. The first kappa shape index (κ1) is 14.3. The Kier molecular flexibility index (Phi) is 3.59. The second-order valence-corrected chi connectivity index (χ2v) is 8.63. The van der Waals surface area contributed by atoms with Gasteiger partial charge < -0.3 is 0 Å². The number of hydrogen-bond donors (Lipinski definition) is 0. The first-order valence-electron chi connectivity index (χ1n) is 6.26. The van der Waals surface area contributed by atoms with E-state index in [0.717, 1.165) is 0 Å². The molecule has 0 aromatic heterocycles. The van der Waals surface area contributed by atoms with Gasteiger partial charge in [-0.05, 0) is 0 Å². The zero-order valence-corrected chi connectivity index (χ0v) is 13.0. The van der Waals surface area contributed by atoms with E-state index in [9.17, 15) is 19.2 Å². The van der Waals surface area contributed by atoms with Crippen LogP contribution in [-0.2, 0) is 34.2 Å². The van der Waals surface area contributed by atoms with Gasteiger partial charge in [-0.1, -0.05) is 0 Å². The van der Waals surface area contributed by atoms with E-state index in [4.69, 9.17) is 15.1 Å². The number of carbonyl (C=O) groups excluding carboxylic acids is 4. The van der Waals surface area contributed by atoms with Crippen molar-refractivity contribution in [1.29, 1.82) is 0 Å². The molecule has 5 aliphatic heterocycles. The molecule has 5 fully saturated rings. The Balaban J connectivity index is 2.04. The molecule has 0 N–H and O–H groups in total. The van der Waals surface area contributed by atoms with Gasteiger partial charge in [0.15, 0.2) is 0 Å². The van der Waals surface area contributed by atoms with Gasteiger partial charge in [0.25, 0.3) is 0 Å². The summed E-state index contributed by atoms with van der Waals surface area (Å²) in [5.41, 5.74) is 0. The van der Waals surface area contributed by atoms with Gasteiger partial charge in [-0.25, -0.2) is 0 Å². The van der Waals surface area contributed by atoms with Crippen LogP contribution in [0.3, 0.4) is 0 Å². The molecule has 0 radical (unpaired) electrons. The Morgan fingerprint density at radius 2 is 0.905 bits per heavy atom. The Labute approximate surface area is 122 Å². The SMILES string of the molecule is O=C1CN2CCN3CC(=O)[O][Ge]([O]1)([O]C(=O)C2)[O]C(=O)C3. The van der Waals surface area contributed by atoms with Crippen LogP contribution in [0.5, 0.6) is 0 Å². The summed E-state index contributed by atoms with van der Waals surface area (Å²) in [6, 6.07) is 0. The van der Waals surface area contributed by atoms with Crippen LogP contribution in [0.2, 0.25) is 0 Å². The van der Waals surface area contributed by atoms with Gasteiger partial charge in [0.1, 0.15) is 0 Å². The molecule has 1 spiro atoms. The summed E-state index contributed by atoms with van der Waals surface area (Å²) in [6.07, 6.45) is 0. The third-order valence-corrected chi connectivity index (χ3v) is 7.11. The molecule has 5 aliphatic rings. The van der Waals surface area contributed by atoms with Gasteiger partial charge in [-0.3, -0.25) is 0 Å². The molecular formula is C10H12GeN2O8. The summed E-state index contributed by atoms with van der Waals surface area (Å²) in [5, 5.41) is 0. The van der Waals surface area contributed by atoms with Crippen LogP contribution in [0.15, 0.2) is 0 Å². The fourth-order valence-corrected chi connectivity index (χ4v) is 5.66. The predicted molar refractivity (Wildman–Crippen MR) is 63.0 cm³/mol. The molecule has 0 aromatic rings. The van der Waals surface area contributed by atoms with Gasteiger partial charge >= 0.3 is 122 Å². The van der Waals surface area contributed by atoms with Crippen molar-refractivity contribution in [1.82, 2.24) is 9.80 Å². The summed E-state index contributed by atoms with van der Waals surface area (Å²) >= 11 is -5.07. The zero-order chi connectivity index (χ0) is 15.0. The van der Waals surface area contributed by atoms with Crippen molar-refractivity contribution in [3.8, 4) is 0 Å². The van der Waals surface area contributed by atoms with Crippen molar-refractivity contribution in [2.24, 2.45) is 0 Å². The van der Waals surface area contributed by atoms with Gasteiger partial charge in [0.2, 0.25) is 0 Å². The molecule has 5 saturated heterocycles. The molecule has 0 unspecified atom stereocenters. The molecule has 114 valence electrons. The maximum atomic E-state index is 11.8. The van der Waals surface area contributed by atoms with Crippen molar-refractivity contribution in [2.45, 2.75) is 0 Å². The molecule has 0 atom stereocenters. The van der Waals surface area contributed by atoms with E-state index in [-0.39, 0.29) is 26.2 Å². The Hall–Kier alpha value is -1.66. The molecule has 0 amide bonds. The third kappa shape index (κ3) is 3.17. The van der Waals surface area contributed by atoms with E-state index in [0.29, 0.717) is 13.1 Å². The normalized spacial score (nSPS) is 36.6. The van der Waals surface area contributed by atoms with Crippen molar-refractivity contribution in [3.63, 3.8) is 0 Å². The Morgan fingerprint density at radius 1 is 0.619 bits per heavy atom. The average molecular weight is 361 g/mol. The standard InChI is InChI=1S/C10H12GeN2O8/c14-7-3-12-1-2-13-5-9(16)20-11(18-7,19-8(15)4-12)21-10(17)6-13/h1-6H2. The van der Waals surface area contributed by atoms with Crippen molar-refractivity contribution < 1.29 is 34.2 Å². The average Bonchev–Trinajstić information content (AvgIpc) is 2.35. The zero-order valence-electron chi connectivity index (χ0n) is 10.9. The summed E-state index contributed by atoms with van der Waals surface area (Å²) < 4.78 is 19.9. The molecule has 0 aliphatic carbocycles. The van der Waals surface area contributed by atoms with E-state index in [1.54, 1.807) is 0 Å². The summed E-state index contributed by atoms with van der Waals surface area (Å²) in [5.74, 6) is -3.01. The molecule has 0 aromatic carbocycles. The molecule has 5 rings (SSSR count). The minimum absolute atomic E-state index is 0.162. The first-order chi connectivity index (χ1) is 9.94. The Bertz CT molecular complexity index is 434. The molecule has 3 bridgehead atoms. The molecule has 10 nitrogen and oxygen atoms in total. The third-order valence-electron chi connectivity index (χ3n) is 3.10. The topological polar surface area (TPSA) is 112 Å². The van der Waals surface area contributed by atoms with Crippen LogP contribution in [0, 0.1) is 0 Å². The predicted octanol–water partition coefficient (Wildman–Crippen LogP) is -2.76. The van der Waals surface area contributed by atoms with E-state index >= 15 is 0 Å². The fourth-order valence-electron chi connectivity index (χ4n) is 2.25. The summed E-state index contributed by atoms with van der Waals surface area (Å²) in [6.45, 7) is -0.0539. The fraction of sp³-hybridized carbons (Fsp3) is 0.600. The number of hydrogen-bond acceptors (Lipinski definition) is 10. The van der Waals surface area contributed by atoms with Crippen molar-refractivity contribution in [3.05, 3.63) is 0 Å². The van der Waals surface area contributed by atoms with Crippen LogP contribution in [0.25, 0.3) is 0 Å². The molecular weight excluding hydrogens is 349 g/mol. The van der Waals surface area contributed by atoms with E-state index in [1.165, 1.54) is 9.80 Å². The maximum absolute atomic E-state index is 11.8. The van der Waals surface area contributed by atoms with Gasteiger partial charge in [-0.15, -0.1) is 0 Å². The van der Waals surface area contributed by atoms with E-state index < -0.39 is 38.5 Å². The van der Waals surface area contributed by atoms with Crippen LogP contribution < -0.4 is 0 Å². The van der Waals surface area contributed by atoms with Crippen molar-refractivity contribution >= 4 is 38.5 Å². The minimum atomic E-state index is -5.07. The Morgan fingerprint density at radius 3 is 1.19 bits per heavy atom. The quantitative estimate of drug-likeness (QED) is 0.421. The van der Waals surface area contributed by atoms with Crippen LogP contribution in [0.4, 0.5) is 0 Å². The number of carbonyl (C=O) groups is 4. The molecule has 5 heterocycles. The van der Waals surface area contributed by atoms with Gasteiger partial charge in [0, 0.05) is 0 Å². The van der Waals surface area contributed by atoms with Gasteiger partial charge in [0.05, 0.1) is 0 Å². The van der Waals surface area contributed by atoms with Crippen LogP contribution in [-0.4, -0.2) is 87.6 Å². The molecule has 11 heteroatoms. The first-order valence-corrected chi connectivity index (χ1v) is 9.69. The van der Waals surface area contributed by atoms with Gasteiger partial charge in [-0.2, -0.15) is 0 Å². The number of nitrogens with zero attached hydrogens (tertiary/aromatic N) is 2. The van der Waals surface area contributed by atoms with Crippen LogP contribution in [0.1, 0.15) is 0 Å².